The van der Waals surface area contributed by atoms with Crippen LogP contribution in [-0.4, -0.2) is 36.7 Å². The standard InChI is InChI=1S/C15H22N2O2S2/c1-4-9-21(18,19)17-8-7-16-15(17)20-11-14-10-12(2)5-6-13(14)3/h5-6,10H,4,7-9,11H2,1-3H3. The van der Waals surface area contributed by atoms with Crippen molar-refractivity contribution in [1.82, 2.24) is 4.31 Å². The minimum atomic E-state index is -3.20. The highest BCUT2D eigenvalue weighted by Crippen LogP contribution is 2.24. The van der Waals surface area contributed by atoms with Crippen molar-refractivity contribution in [2.45, 2.75) is 32.9 Å². The largest absolute Gasteiger partial charge is 0.260 e. The Balaban J connectivity index is 2.07. The number of nitrogens with zero attached hydrogens (tertiary/aromatic N) is 2. The molecule has 0 N–H and O–H groups in total. The molecule has 0 saturated carbocycles. The molecular weight excluding hydrogens is 304 g/mol. The van der Waals surface area contributed by atoms with Gasteiger partial charge in [0.15, 0.2) is 5.17 Å². The summed E-state index contributed by atoms with van der Waals surface area (Å²) in [7, 11) is -3.20. The molecule has 0 radical (unpaired) electrons. The molecule has 0 atom stereocenters. The summed E-state index contributed by atoms with van der Waals surface area (Å²) < 4.78 is 25.9. The fraction of sp³-hybridized carbons (Fsp3) is 0.533. The fourth-order valence-electron chi connectivity index (χ4n) is 2.25. The third-order valence-electron chi connectivity index (χ3n) is 3.42. The second-order valence-electron chi connectivity index (χ2n) is 5.27. The average Bonchev–Trinajstić information content (AvgIpc) is 2.89. The third kappa shape index (κ3) is 4.01. The van der Waals surface area contributed by atoms with Crippen LogP contribution in [0.2, 0.25) is 0 Å². The zero-order chi connectivity index (χ0) is 15.5. The Labute approximate surface area is 131 Å². The summed E-state index contributed by atoms with van der Waals surface area (Å²) in [5.74, 6) is 0.945. The lowest BCUT2D eigenvalue weighted by atomic mass is 10.1. The van der Waals surface area contributed by atoms with Gasteiger partial charge in [-0.05, 0) is 31.4 Å². The molecule has 1 aromatic rings. The highest BCUT2D eigenvalue weighted by atomic mass is 32.2. The Morgan fingerprint density at radius 2 is 2.10 bits per heavy atom. The van der Waals surface area contributed by atoms with Gasteiger partial charge in [-0.25, -0.2) is 12.7 Å². The van der Waals surface area contributed by atoms with Crippen molar-refractivity contribution < 1.29 is 8.42 Å². The lowest BCUT2D eigenvalue weighted by Crippen LogP contribution is -2.34. The lowest BCUT2D eigenvalue weighted by Gasteiger charge is -2.19. The van der Waals surface area contributed by atoms with Gasteiger partial charge in [-0.3, -0.25) is 4.99 Å². The van der Waals surface area contributed by atoms with Crippen molar-refractivity contribution in [3.05, 3.63) is 34.9 Å². The first-order valence-corrected chi connectivity index (χ1v) is 9.77. The van der Waals surface area contributed by atoms with E-state index in [1.807, 2.05) is 6.92 Å². The van der Waals surface area contributed by atoms with Gasteiger partial charge < -0.3 is 0 Å². The van der Waals surface area contributed by atoms with Gasteiger partial charge in [0.2, 0.25) is 10.0 Å². The van der Waals surface area contributed by atoms with E-state index < -0.39 is 10.0 Å². The number of amidine groups is 1. The molecule has 0 spiro atoms. The Hall–Kier alpha value is -1.01. The van der Waals surface area contributed by atoms with Crippen molar-refractivity contribution in [3.8, 4) is 0 Å². The van der Waals surface area contributed by atoms with Crippen LogP contribution in [0.5, 0.6) is 0 Å². The number of aryl methyl sites for hydroxylation is 2. The minimum Gasteiger partial charge on any atom is -0.260 e. The molecule has 2 rings (SSSR count). The Morgan fingerprint density at radius 3 is 2.81 bits per heavy atom. The second-order valence-corrected chi connectivity index (χ2v) is 8.23. The summed E-state index contributed by atoms with van der Waals surface area (Å²) in [4.78, 5) is 4.36. The summed E-state index contributed by atoms with van der Waals surface area (Å²) in [6.45, 7) is 7.08. The first-order valence-electron chi connectivity index (χ1n) is 7.18. The van der Waals surface area contributed by atoms with Crippen molar-refractivity contribution >= 4 is 27.0 Å². The molecule has 1 aliphatic heterocycles. The predicted octanol–water partition coefficient (Wildman–Crippen LogP) is 2.95. The number of hydrogen-bond acceptors (Lipinski definition) is 4. The van der Waals surface area contributed by atoms with Crippen molar-refractivity contribution in [3.63, 3.8) is 0 Å². The molecule has 4 nitrogen and oxygen atoms in total. The van der Waals surface area contributed by atoms with Gasteiger partial charge in [-0.2, -0.15) is 0 Å². The first-order chi connectivity index (χ1) is 9.94. The van der Waals surface area contributed by atoms with Crippen LogP contribution in [-0.2, 0) is 15.8 Å². The molecule has 0 fully saturated rings. The molecule has 0 amide bonds. The molecule has 0 aromatic heterocycles. The summed E-state index contributed by atoms with van der Waals surface area (Å²) in [5, 5.41) is 0.643. The number of hydrogen-bond donors (Lipinski definition) is 0. The van der Waals surface area contributed by atoms with Crippen LogP contribution in [0, 0.1) is 13.8 Å². The summed E-state index contributed by atoms with van der Waals surface area (Å²) in [5.41, 5.74) is 3.69. The zero-order valence-corrected chi connectivity index (χ0v) is 14.4. The molecule has 0 bridgehead atoms. The quantitative estimate of drug-likeness (QED) is 0.836. The first kappa shape index (κ1) is 16.4. The number of thioether (sulfide) groups is 1. The van der Waals surface area contributed by atoms with Crippen LogP contribution in [0.3, 0.4) is 0 Å². The Bertz CT molecular complexity index is 639. The molecule has 0 unspecified atom stereocenters. The number of rotatable bonds is 5. The average molecular weight is 326 g/mol. The summed E-state index contributed by atoms with van der Waals surface area (Å²) >= 11 is 1.52. The van der Waals surface area contributed by atoms with Gasteiger partial charge in [-0.1, -0.05) is 42.4 Å². The predicted molar refractivity (Wildman–Crippen MR) is 90.3 cm³/mol. The number of benzene rings is 1. The zero-order valence-electron chi connectivity index (χ0n) is 12.8. The smallest absolute Gasteiger partial charge is 0.236 e. The van der Waals surface area contributed by atoms with E-state index in [1.165, 1.54) is 32.8 Å². The Morgan fingerprint density at radius 1 is 1.33 bits per heavy atom. The SMILES string of the molecule is CCCS(=O)(=O)N1CCN=C1SCc1cc(C)ccc1C. The van der Waals surface area contributed by atoms with E-state index in [0.717, 1.165) is 5.75 Å². The molecule has 0 aliphatic carbocycles. The van der Waals surface area contributed by atoms with E-state index in [9.17, 15) is 8.42 Å². The monoisotopic (exact) mass is 326 g/mol. The van der Waals surface area contributed by atoms with Crippen LogP contribution in [0.25, 0.3) is 0 Å². The minimum absolute atomic E-state index is 0.191. The Kier molecular flexibility index (Phi) is 5.32. The molecule has 0 saturated heterocycles. The molecular formula is C15H22N2O2S2. The van der Waals surface area contributed by atoms with E-state index in [2.05, 4.69) is 37.0 Å². The van der Waals surface area contributed by atoms with E-state index in [0.29, 0.717) is 24.7 Å². The lowest BCUT2D eigenvalue weighted by molar-refractivity contribution is 0.539. The van der Waals surface area contributed by atoms with Gasteiger partial charge in [0.25, 0.3) is 0 Å². The van der Waals surface area contributed by atoms with E-state index in [1.54, 1.807) is 0 Å². The molecule has 116 valence electrons. The van der Waals surface area contributed by atoms with Crippen molar-refractivity contribution in [2.24, 2.45) is 4.99 Å². The van der Waals surface area contributed by atoms with Gasteiger partial charge in [0.05, 0.1) is 18.8 Å². The van der Waals surface area contributed by atoms with E-state index in [4.69, 9.17) is 0 Å². The normalized spacial score (nSPS) is 15.4. The highest BCUT2D eigenvalue weighted by molar-refractivity contribution is 8.14. The van der Waals surface area contributed by atoms with Crippen molar-refractivity contribution in [1.29, 1.82) is 0 Å². The maximum absolute atomic E-state index is 12.2. The highest BCUT2D eigenvalue weighted by Gasteiger charge is 2.28. The van der Waals surface area contributed by atoms with Gasteiger partial charge >= 0.3 is 0 Å². The summed E-state index contributed by atoms with van der Waals surface area (Å²) in [6, 6.07) is 6.35. The molecule has 6 heteroatoms. The summed E-state index contributed by atoms with van der Waals surface area (Å²) in [6.07, 6.45) is 0.633. The molecule has 21 heavy (non-hydrogen) atoms. The van der Waals surface area contributed by atoms with E-state index in [-0.39, 0.29) is 5.75 Å². The van der Waals surface area contributed by atoms with Crippen LogP contribution < -0.4 is 0 Å². The second kappa shape index (κ2) is 6.83. The maximum atomic E-state index is 12.2. The maximum Gasteiger partial charge on any atom is 0.236 e. The third-order valence-corrected chi connectivity index (χ3v) is 6.55. The van der Waals surface area contributed by atoms with Crippen molar-refractivity contribution in [2.75, 3.05) is 18.8 Å². The van der Waals surface area contributed by atoms with E-state index >= 15 is 0 Å². The van der Waals surface area contributed by atoms with Crippen LogP contribution >= 0.6 is 11.8 Å². The topological polar surface area (TPSA) is 49.7 Å². The number of sulfonamides is 1. The molecule has 1 heterocycles. The van der Waals surface area contributed by atoms with Gasteiger partial charge in [-0.15, -0.1) is 0 Å². The van der Waals surface area contributed by atoms with Crippen LogP contribution in [0.4, 0.5) is 0 Å². The van der Waals surface area contributed by atoms with Crippen LogP contribution in [0.15, 0.2) is 23.2 Å². The van der Waals surface area contributed by atoms with Gasteiger partial charge in [0, 0.05) is 5.75 Å². The van der Waals surface area contributed by atoms with Crippen LogP contribution in [0.1, 0.15) is 30.0 Å². The molecule has 1 aliphatic rings. The number of aliphatic imine (C=N–C) groups is 1. The molecule has 1 aromatic carbocycles. The van der Waals surface area contributed by atoms with Gasteiger partial charge in [0.1, 0.15) is 0 Å². The fourth-order valence-corrected chi connectivity index (χ4v) is 5.16.